The van der Waals surface area contributed by atoms with Crippen molar-refractivity contribution in [1.82, 2.24) is 4.57 Å². The first-order chi connectivity index (χ1) is 26.0. The topological polar surface area (TPSA) is 4.93 Å². The van der Waals surface area contributed by atoms with E-state index < -0.39 is 0 Å². The van der Waals surface area contributed by atoms with Gasteiger partial charge in [0.2, 0.25) is 0 Å². The molecule has 0 N–H and O–H groups in total. The average Bonchev–Trinajstić information content (AvgIpc) is 3.67. The molecule has 0 spiro atoms. The van der Waals surface area contributed by atoms with Crippen LogP contribution in [0.3, 0.4) is 0 Å². The van der Waals surface area contributed by atoms with Gasteiger partial charge >= 0.3 is 0 Å². The van der Waals surface area contributed by atoms with Crippen LogP contribution in [0.15, 0.2) is 182 Å². The maximum Gasteiger partial charge on any atom is 0.0541 e. The lowest BCUT2D eigenvalue weighted by Gasteiger charge is -2.25. The lowest BCUT2D eigenvalue weighted by atomic mass is 9.78. The van der Waals surface area contributed by atoms with Crippen molar-refractivity contribution >= 4 is 27.4 Å². The summed E-state index contributed by atoms with van der Waals surface area (Å²) in [5, 5.41) is 2.54. The first kappa shape index (κ1) is 31.5. The molecule has 1 atom stereocenters. The number of benzene rings is 7. The summed E-state index contributed by atoms with van der Waals surface area (Å²) in [6.07, 6.45) is 9.16. The van der Waals surface area contributed by atoms with Crippen LogP contribution >= 0.6 is 0 Å². The van der Waals surface area contributed by atoms with Gasteiger partial charge in [-0.15, -0.1) is 0 Å². The summed E-state index contributed by atoms with van der Waals surface area (Å²) in [5.74, 6) is 0.102. The summed E-state index contributed by atoms with van der Waals surface area (Å²) in [4.78, 5) is 0. The number of allylic oxidation sites excluding steroid dienone is 4. The van der Waals surface area contributed by atoms with E-state index in [1.807, 2.05) is 0 Å². The first-order valence-electron chi connectivity index (χ1n) is 18.9. The van der Waals surface area contributed by atoms with Crippen molar-refractivity contribution in [3.8, 4) is 27.9 Å². The van der Waals surface area contributed by atoms with Gasteiger partial charge in [0, 0.05) is 27.8 Å². The van der Waals surface area contributed by atoms with Crippen LogP contribution in [0.1, 0.15) is 66.0 Å². The highest BCUT2D eigenvalue weighted by Gasteiger charge is 2.36. The molecule has 0 aliphatic heterocycles. The molecule has 10 rings (SSSR count). The molecule has 0 bridgehead atoms. The number of aromatic nitrogens is 1. The second-order valence-corrected chi connectivity index (χ2v) is 15.2. The molecule has 8 aromatic rings. The van der Waals surface area contributed by atoms with E-state index in [1.165, 1.54) is 88.7 Å². The molecular formula is C52H41N. The van der Waals surface area contributed by atoms with Crippen LogP contribution in [0.2, 0.25) is 0 Å². The standard InChI is InChI=1S/C52H41N/c1-52(2)47-19-11-9-17-43(47)44-31-29-41(34-48(44)52)51(38-25-21-36(22-26-38)35-13-5-3-6-14-35)39-27-23-37(24-28-39)40-30-32-50-46(33-40)45-18-10-12-20-49(45)53(50)42-15-7-4-8-16-42/h4-5,7-34,51H,3,6H2,1-2H3. The van der Waals surface area contributed by atoms with Crippen LogP contribution in [0.5, 0.6) is 0 Å². The Bertz CT molecular complexity index is 2720. The second-order valence-electron chi connectivity index (χ2n) is 15.2. The zero-order valence-electron chi connectivity index (χ0n) is 30.3. The van der Waals surface area contributed by atoms with Crippen LogP contribution in [-0.4, -0.2) is 4.57 Å². The molecule has 1 nitrogen and oxygen atoms in total. The molecule has 1 aromatic heterocycles. The van der Waals surface area contributed by atoms with Gasteiger partial charge in [0.15, 0.2) is 0 Å². The molecule has 2 aliphatic carbocycles. The fourth-order valence-corrected chi connectivity index (χ4v) is 9.05. The van der Waals surface area contributed by atoms with Crippen molar-refractivity contribution in [3.05, 3.63) is 215 Å². The third-order valence-electron chi connectivity index (χ3n) is 11.8. The highest BCUT2D eigenvalue weighted by atomic mass is 15.0. The van der Waals surface area contributed by atoms with E-state index in [2.05, 4.69) is 200 Å². The summed E-state index contributed by atoms with van der Waals surface area (Å²) < 4.78 is 2.38. The fourth-order valence-electron chi connectivity index (χ4n) is 9.05. The minimum Gasteiger partial charge on any atom is -0.309 e. The van der Waals surface area contributed by atoms with Crippen molar-refractivity contribution in [2.75, 3.05) is 0 Å². The largest absolute Gasteiger partial charge is 0.309 e. The second kappa shape index (κ2) is 12.5. The summed E-state index contributed by atoms with van der Waals surface area (Å²) >= 11 is 0. The SMILES string of the molecule is CC1(C)c2ccccc2-c2ccc(C(c3ccc(C4=CCCC=C4)cc3)c3ccc(-c4ccc5c(c4)c4ccccc4n5-c4ccccc4)cc3)cc21. The molecule has 0 saturated carbocycles. The smallest absolute Gasteiger partial charge is 0.0541 e. The maximum atomic E-state index is 2.49. The van der Waals surface area contributed by atoms with E-state index >= 15 is 0 Å². The Labute approximate surface area is 312 Å². The Balaban J connectivity index is 1.06. The number of para-hydroxylation sites is 2. The zero-order valence-corrected chi connectivity index (χ0v) is 30.3. The Morgan fingerprint density at radius 2 is 1.13 bits per heavy atom. The molecule has 0 fully saturated rings. The van der Waals surface area contributed by atoms with Gasteiger partial charge in [-0.3, -0.25) is 0 Å². The van der Waals surface area contributed by atoms with Gasteiger partial charge in [-0.2, -0.15) is 0 Å². The molecule has 254 valence electrons. The molecular weight excluding hydrogens is 639 g/mol. The average molecular weight is 680 g/mol. The van der Waals surface area contributed by atoms with Crippen molar-refractivity contribution < 1.29 is 0 Å². The number of nitrogens with zero attached hydrogens (tertiary/aromatic N) is 1. The molecule has 0 radical (unpaired) electrons. The van der Waals surface area contributed by atoms with Crippen LogP contribution in [0.4, 0.5) is 0 Å². The number of rotatable bonds is 6. The van der Waals surface area contributed by atoms with Gasteiger partial charge in [0.1, 0.15) is 0 Å². The van der Waals surface area contributed by atoms with Gasteiger partial charge in [0.05, 0.1) is 11.0 Å². The van der Waals surface area contributed by atoms with Crippen LogP contribution in [0.25, 0.3) is 55.3 Å². The quantitative estimate of drug-likeness (QED) is 0.154. The van der Waals surface area contributed by atoms with E-state index in [4.69, 9.17) is 0 Å². The first-order valence-corrected chi connectivity index (χ1v) is 18.9. The highest BCUT2D eigenvalue weighted by Crippen LogP contribution is 2.50. The predicted octanol–water partition coefficient (Wildman–Crippen LogP) is 13.7. The van der Waals surface area contributed by atoms with Crippen molar-refractivity contribution in [3.63, 3.8) is 0 Å². The Hall–Kier alpha value is -6.18. The minimum atomic E-state index is -0.0533. The normalized spacial score (nSPS) is 14.9. The zero-order chi connectivity index (χ0) is 35.5. The van der Waals surface area contributed by atoms with Crippen LogP contribution in [0, 0.1) is 0 Å². The molecule has 53 heavy (non-hydrogen) atoms. The molecule has 0 saturated heterocycles. The van der Waals surface area contributed by atoms with E-state index in [1.54, 1.807) is 0 Å². The molecule has 1 heteroatoms. The summed E-state index contributed by atoms with van der Waals surface area (Å²) in [5.41, 5.74) is 18.1. The van der Waals surface area contributed by atoms with Gasteiger partial charge < -0.3 is 4.57 Å². The summed E-state index contributed by atoms with van der Waals surface area (Å²) in [6, 6.07) is 61.2. The molecule has 0 amide bonds. The van der Waals surface area contributed by atoms with Crippen molar-refractivity contribution in [2.45, 2.75) is 38.0 Å². The fraction of sp³-hybridized carbons (Fsp3) is 0.115. The van der Waals surface area contributed by atoms with Gasteiger partial charge in [-0.1, -0.05) is 166 Å². The van der Waals surface area contributed by atoms with Gasteiger partial charge in [-0.05, 0) is 104 Å². The van der Waals surface area contributed by atoms with Crippen LogP contribution in [-0.2, 0) is 5.41 Å². The van der Waals surface area contributed by atoms with Crippen LogP contribution < -0.4 is 0 Å². The van der Waals surface area contributed by atoms with Crippen molar-refractivity contribution in [2.24, 2.45) is 0 Å². The summed E-state index contributed by atoms with van der Waals surface area (Å²) in [6.45, 7) is 4.75. The van der Waals surface area contributed by atoms with Gasteiger partial charge in [-0.25, -0.2) is 0 Å². The molecule has 2 aliphatic rings. The maximum absolute atomic E-state index is 2.49. The predicted molar refractivity (Wildman–Crippen MR) is 224 cm³/mol. The Morgan fingerprint density at radius 3 is 1.91 bits per heavy atom. The number of fused-ring (bicyclic) bond motifs is 6. The monoisotopic (exact) mass is 679 g/mol. The highest BCUT2D eigenvalue weighted by molar-refractivity contribution is 6.10. The van der Waals surface area contributed by atoms with E-state index in [0.717, 1.165) is 12.8 Å². The third kappa shape index (κ3) is 5.22. The molecule has 7 aromatic carbocycles. The lowest BCUT2D eigenvalue weighted by molar-refractivity contribution is 0.659. The number of hydrogen-bond donors (Lipinski definition) is 0. The third-order valence-corrected chi connectivity index (χ3v) is 11.8. The Morgan fingerprint density at radius 1 is 0.491 bits per heavy atom. The van der Waals surface area contributed by atoms with Crippen molar-refractivity contribution in [1.29, 1.82) is 0 Å². The van der Waals surface area contributed by atoms with Gasteiger partial charge in [0.25, 0.3) is 0 Å². The number of hydrogen-bond acceptors (Lipinski definition) is 0. The van der Waals surface area contributed by atoms with E-state index in [9.17, 15) is 0 Å². The molecule has 1 heterocycles. The minimum absolute atomic E-state index is 0.0533. The molecule has 1 unspecified atom stereocenters. The summed E-state index contributed by atoms with van der Waals surface area (Å²) in [7, 11) is 0. The lowest BCUT2D eigenvalue weighted by Crippen LogP contribution is -2.15. The Kier molecular flexibility index (Phi) is 7.44. The van der Waals surface area contributed by atoms with E-state index in [-0.39, 0.29) is 11.3 Å². The van der Waals surface area contributed by atoms with E-state index in [0.29, 0.717) is 0 Å².